The van der Waals surface area contributed by atoms with Crippen LogP contribution < -0.4 is 14.8 Å². The molecule has 15 nitrogen and oxygen atoms in total. The molecule has 0 atom stereocenters. The van der Waals surface area contributed by atoms with Crippen LogP contribution in [-0.2, 0) is 34.7 Å². The molecule has 250 valence electrons. The molecule has 2 N–H and O–H groups in total. The van der Waals surface area contributed by atoms with Crippen LogP contribution in [0, 0.1) is 6.92 Å². The van der Waals surface area contributed by atoms with E-state index < -0.39 is 38.5 Å². The third-order valence-electron chi connectivity index (χ3n) is 6.66. The van der Waals surface area contributed by atoms with E-state index in [1.165, 1.54) is 32.2 Å². The first-order chi connectivity index (χ1) is 23.0. The molecule has 2 heterocycles. The molecule has 0 fully saturated rings. The second-order valence-corrected chi connectivity index (χ2v) is 11.5. The number of carbonyl (C=O) groups excluding carboxylic acids is 3. The molecule has 0 saturated carbocycles. The Morgan fingerprint density at radius 1 is 0.854 bits per heavy atom. The van der Waals surface area contributed by atoms with Crippen LogP contribution in [0.4, 0.5) is 10.7 Å². The van der Waals surface area contributed by atoms with Crippen LogP contribution >= 0.6 is 0 Å². The van der Waals surface area contributed by atoms with E-state index in [1.807, 2.05) is 60.7 Å². The van der Waals surface area contributed by atoms with Gasteiger partial charge in [0, 0.05) is 11.1 Å². The summed E-state index contributed by atoms with van der Waals surface area (Å²) in [5.74, 6) is -1.23. The van der Waals surface area contributed by atoms with E-state index >= 15 is 0 Å². The molecule has 3 aromatic carbocycles. The number of hydrogen-bond acceptors (Lipinski definition) is 13. The highest BCUT2D eigenvalue weighted by molar-refractivity contribution is 7.90. The number of sulfonamides is 1. The van der Waals surface area contributed by atoms with E-state index in [9.17, 15) is 22.8 Å². The number of benzene rings is 3. The number of amides is 2. The number of methoxy groups -OCH3 is 2. The number of aromatic nitrogens is 3. The number of esters is 2. The molecule has 1 aliphatic heterocycles. The molecule has 0 aliphatic carbocycles. The van der Waals surface area contributed by atoms with Crippen molar-refractivity contribution in [2.24, 2.45) is 5.16 Å². The van der Waals surface area contributed by atoms with Gasteiger partial charge in [0.25, 0.3) is 10.0 Å². The monoisotopic (exact) mass is 676 g/mol. The highest BCUT2D eigenvalue weighted by Gasteiger charge is 2.45. The third-order valence-corrected chi connectivity index (χ3v) is 8.05. The van der Waals surface area contributed by atoms with E-state index in [0.29, 0.717) is 18.7 Å². The minimum Gasteiger partial charge on any atom is -0.467 e. The lowest BCUT2D eigenvalue weighted by Gasteiger charge is -2.27. The van der Waals surface area contributed by atoms with E-state index in [1.54, 1.807) is 11.6 Å². The highest BCUT2D eigenvalue weighted by atomic mass is 32.2. The van der Waals surface area contributed by atoms with E-state index in [-0.39, 0.29) is 23.3 Å². The molecule has 0 bridgehead atoms. The topological polar surface area (TPSA) is 197 Å². The van der Waals surface area contributed by atoms with E-state index in [4.69, 9.17) is 14.3 Å². The molecule has 0 radical (unpaired) electrons. The Balaban J connectivity index is 0.000000219. The highest BCUT2D eigenvalue weighted by Crippen LogP contribution is 2.41. The van der Waals surface area contributed by atoms with Crippen molar-refractivity contribution in [1.29, 1.82) is 0 Å². The summed E-state index contributed by atoms with van der Waals surface area (Å²) in [5.41, 5.74) is 1.25. The Morgan fingerprint density at radius 3 is 2.04 bits per heavy atom. The number of urea groups is 1. The van der Waals surface area contributed by atoms with Gasteiger partial charge in [0.1, 0.15) is 10.7 Å². The summed E-state index contributed by atoms with van der Waals surface area (Å²) in [6.07, 6.45) is 0.361. The zero-order valence-corrected chi connectivity index (χ0v) is 27.2. The van der Waals surface area contributed by atoms with Crippen LogP contribution in [0.5, 0.6) is 6.01 Å². The molecular formula is C32H32N6O9S. The van der Waals surface area contributed by atoms with Crippen molar-refractivity contribution in [3.8, 4) is 6.01 Å². The lowest BCUT2D eigenvalue weighted by Crippen LogP contribution is -2.35. The summed E-state index contributed by atoms with van der Waals surface area (Å²) in [4.78, 5) is 52.5. The predicted octanol–water partition coefficient (Wildman–Crippen LogP) is 3.76. The number of nitrogens with zero attached hydrogens (tertiary/aromatic N) is 4. The molecule has 1 aliphatic rings. The minimum absolute atomic E-state index is 0.0494. The second-order valence-electron chi connectivity index (χ2n) is 9.83. The van der Waals surface area contributed by atoms with Crippen LogP contribution in [0.25, 0.3) is 0 Å². The fraction of sp³-hybridized carbons (Fsp3) is 0.219. The normalized spacial score (nSPS) is 13.0. The van der Waals surface area contributed by atoms with Crippen LogP contribution in [0.2, 0.25) is 0 Å². The van der Waals surface area contributed by atoms with Crippen LogP contribution in [0.1, 0.15) is 40.7 Å². The molecule has 0 unspecified atom stereocenters. The van der Waals surface area contributed by atoms with Crippen molar-refractivity contribution < 1.29 is 41.8 Å². The lowest BCUT2D eigenvalue weighted by molar-refractivity contribution is -0.135. The van der Waals surface area contributed by atoms with Gasteiger partial charge in [-0.05, 0) is 26.0 Å². The number of aryl methyl sites for hydroxylation is 1. The summed E-state index contributed by atoms with van der Waals surface area (Å²) in [6.45, 7) is 3.63. The van der Waals surface area contributed by atoms with Gasteiger partial charge < -0.3 is 19.0 Å². The van der Waals surface area contributed by atoms with Gasteiger partial charge in [0.15, 0.2) is 11.3 Å². The molecule has 1 aromatic heterocycles. The van der Waals surface area contributed by atoms with Gasteiger partial charge in [0.05, 0.1) is 32.8 Å². The zero-order valence-electron chi connectivity index (χ0n) is 26.4. The SMILES string of the molecule is CCOC(=O)C1=NOC(c2ccccc2)(c2ccccc2)C1.COC(=O)c1ccccc1S(=O)(=O)NC(=O)Nc1nc(C)nc(OC)n1. The summed E-state index contributed by atoms with van der Waals surface area (Å²) < 4.78 is 41.0. The minimum atomic E-state index is -4.36. The summed E-state index contributed by atoms with van der Waals surface area (Å²) >= 11 is 0. The summed E-state index contributed by atoms with van der Waals surface area (Å²) in [5, 5.41) is 6.16. The van der Waals surface area contributed by atoms with E-state index in [0.717, 1.165) is 24.3 Å². The van der Waals surface area contributed by atoms with Gasteiger partial charge in [-0.2, -0.15) is 15.0 Å². The molecule has 4 aromatic rings. The first-order valence-electron chi connectivity index (χ1n) is 14.3. The molecule has 16 heteroatoms. The number of anilines is 1. The van der Waals surface area contributed by atoms with Crippen molar-refractivity contribution >= 4 is 39.7 Å². The summed E-state index contributed by atoms with van der Waals surface area (Å²) in [7, 11) is -1.92. The number of rotatable bonds is 9. The average molecular weight is 677 g/mol. The van der Waals surface area contributed by atoms with Gasteiger partial charge in [0.2, 0.25) is 5.95 Å². The summed E-state index contributed by atoms with van der Waals surface area (Å²) in [6, 6.07) is 23.7. The van der Waals surface area contributed by atoms with Crippen LogP contribution in [0.15, 0.2) is 95.0 Å². The van der Waals surface area contributed by atoms with Crippen molar-refractivity contribution in [2.75, 3.05) is 26.1 Å². The van der Waals surface area contributed by atoms with Gasteiger partial charge in [-0.15, -0.1) is 0 Å². The van der Waals surface area contributed by atoms with Crippen molar-refractivity contribution in [3.05, 3.63) is 107 Å². The maximum Gasteiger partial charge on any atom is 0.356 e. The van der Waals surface area contributed by atoms with Gasteiger partial charge in [-0.1, -0.05) is 78.0 Å². The van der Waals surface area contributed by atoms with Gasteiger partial charge in [-0.3, -0.25) is 5.32 Å². The van der Waals surface area contributed by atoms with Gasteiger partial charge >= 0.3 is 24.0 Å². The lowest BCUT2D eigenvalue weighted by atomic mass is 9.82. The number of ether oxygens (including phenoxy) is 3. The smallest absolute Gasteiger partial charge is 0.356 e. The molecular weight excluding hydrogens is 644 g/mol. The fourth-order valence-electron chi connectivity index (χ4n) is 4.54. The first kappa shape index (κ1) is 35.0. The zero-order chi connectivity index (χ0) is 34.7. The fourth-order valence-corrected chi connectivity index (χ4v) is 5.64. The Bertz CT molecular complexity index is 1870. The first-order valence-corrected chi connectivity index (χ1v) is 15.8. The molecule has 5 rings (SSSR count). The molecule has 0 saturated heterocycles. The number of hydrogen-bond donors (Lipinski definition) is 2. The molecule has 48 heavy (non-hydrogen) atoms. The molecule has 2 amide bonds. The standard InChI is InChI=1S/C18H17NO3.C14H15N5O6S/c1-2-21-17(20)16-13-18(22-19-16,14-9-5-3-6-10-14)15-11-7-4-8-12-15;1-8-15-12(18-14(16-8)25-3)17-13(21)19-26(22,23)10-7-5-4-6-9(10)11(20)24-2/h3-12H,2,13H2,1H3;4-7H,1-3H3,(H2,15,16,17,18,19,21). The number of nitrogens with one attached hydrogen (secondary N) is 2. The van der Waals surface area contributed by atoms with Crippen molar-refractivity contribution in [3.63, 3.8) is 0 Å². The predicted molar refractivity (Wildman–Crippen MR) is 172 cm³/mol. The number of oxime groups is 1. The Labute approximate surface area is 276 Å². The van der Waals surface area contributed by atoms with Crippen molar-refractivity contribution in [1.82, 2.24) is 19.7 Å². The maximum atomic E-state index is 12.4. The third kappa shape index (κ3) is 8.27. The number of carbonyl (C=O) groups is 3. The quantitative estimate of drug-likeness (QED) is 0.244. The van der Waals surface area contributed by atoms with E-state index in [2.05, 4.69) is 30.2 Å². The Hall–Kier alpha value is -5.90. The maximum absolute atomic E-state index is 12.4. The van der Waals surface area contributed by atoms with Crippen LogP contribution in [0.3, 0.4) is 0 Å². The average Bonchev–Trinajstić information content (AvgIpc) is 3.56. The Kier molecular flexibility index (Phi) is 11.4. The van der Waals surface area contributed by atoms with Gasteiger partial charge in [-0.25, -0.2) is 27.5 Å². The molecule has 0 spiro atoms. The largest absolute Gasteiger partial charge is 0.467 e. The van der Waals surface area contributed by atoms with Crippen molar-refractivity contribution in [2.45, 2.75) is 30.8 Å². The Morgan fingerprint density at radius 2 is 1.46 bits per heavy atom. The van der Waals surface area contributed by atoms with Crippen LogP contribution in [-0.4, -0.2) is 67.9 Å². The second kappa shape index (κ2) is 15.6.